The number of ether oxygens (including phenoxy) is 1. The Morgan fingerprint density at radius 3 is 2.03 bits per heavy atom. The zero-order valence-electron chi connectivity index (χ0n) is 16.5. The van der Waals surface area contributed by atoms with Crippen molar-refractivity contribution in [2.24, 2.45) is 0 Å². The molecule has 2 aliphatic rings. The summed E-state index contributed by atoms with van der Waals surface area (Å²) < 4.78 is 5.66. The third-order valence-electron chi connectivity index (χ3n) is 5.97. The number of hydrogen-bond acceptors (Lipinski definition) is 4. The van der Waals surface area contributed by atoms with Crippen LogP contribution in [-0.4, -0.2) is 35.6 Å². The summed E-state index contributed by atoms with van der Waals surface area (Å²) in [5.74, 6) is -1.68. The molecule has 1 N–H and O–H groups in total. The van der Waals surface area contributed by atoms with Gasteiger partial charge in [-0.3, -0.25) is 9.69 Å². The van der Waals surface area contributed by atoms with Gasteiger partial charge in [-0.25, -0.2) is 9.59 Å². The smallest absolute Gasteiger partial charge is 0.415 e. The number of nitrogens with zero attached hydrogens (tertiary/aromatic N) is 1. The highest BCUT2D eigenvalue weighted by molar-refractivity contribution is 6.11. The molecule has 3 aromatic rings. The average Bonchev–Trinajstić information content (AvgIpc) is 3.11. The van der Waals surface area contributed by atoms with Crippen LogP contribution < -0.4 is 4.90 Å². The van der Waals surface area contributed by atoms with Gasteiger partial charge in [0.15, 0.2) is 5.78 Å². The fourth-order valence-corrected chi connectivity index (χ4v) is 4.55. The molecule has 0 saturated carbocycles. The van der Waals surface area contributed by atoms with Gasteiger partial charge < -0.3 is 9.84 Å². The summed E-state index contributed by atoms with van der Waals surface area (Å²) in [7, 11) is 0. The SMILES string of the molecule is O=C1C[C@@H](C(=O)O)N(C(=O)OCC2c3ccccc3-c3ccccc32)c2ccccc21. The van der Waals surface area contributed by atoms with E-state index in [1.807, 2.05) is 48.5 Å². The van der Waals surface area contributed by atoms with Crippen LogP contribution in [0, 0.1) is 0 Å². The molecule has 1 atom stereocenters. The highest BCUT2D eigenvalue weighted by Crippen LogP contribution is 2.44. The Bertz CT molecular complexity index is 1170. The molecule has 0 radical (unpaired) electrons. The van der Waals surface area contributed by atoms with E-state index in [0.717, 1.165) is 27.2 Å². The molecule has 154 valence electrons. The zero-order valence-corrected chi connectivity index (χ0v) is 16.5. The molecule has 0 bridgehead atoms. The molecule has 1 aliphatic heterocycles. The maximum Gasteiger partial charge on any atom is 0.415 e. The summed E-state index contributed by atoms with van der Waals surface area (Å²) in [4.78, 5) is 38.4. The largest absolute Gasteiger partial charge is 0.480 e. The van der Waals surface area contributed by atoms with Crippen molar-refractivity contribution >= 4 is 23.5 Å². The number of hydrogen-bond donors (Lipinski definition) is 1. The quantitative estimate of drug-likeness (QED) is 0.684. The molecule has 0 saturated heterocycles. The van der Waals surface area contributed by atoms with E-state index in [2.05, 4.69) is 0 Å². The number of fused-ring (bicyclic) bond motifs is 4. The fourth-order valence-electron chi connectivity index (χ4n) is 4.55. The highest BCUT2D eigenvalue weighted by Gasteiger charge is 2.40. The summed E-state index contributed by atoms with van der Waals surface area (Å²) in [5, 5.41) is 9.64. The predicted molar refractivity (Wildman–Crippen MR) is 114 cm³/mol. The molecule has 31 heavy (non-hydrogen) atoms. The van der Waals surface area contributed by atoms with Crippen LogP contribution in [0.4, 0.5) is 10.5 Å². The van der Waals surface area contributed by atoms with Gasteiger partial charge in [-0.05, 0) is 34.4 Å². The number of Topliss-reactive ketones (excluding diaryl/α,β-unsaturated/α-hetero) is 1. The topological polar surface area (TPSA) is 83.9 Å². The van der Waals surface area contributed by atoms with Gasteiger partial charge in [0.25, 0.3) is 0 Å². The van der Waals surface area contributed by atoms with E-state index in [1.54, 1.807) is 24.3 Å². The average molecular weight is 413 g/mol. The molecule has 6 heteroatoms. The van der Waals surface area contributed by atoms with Crippen molar-refractivity contribution in [3.63, 3.8) is 0 Å². The lowest BCUT2D eigenvalue weighted by atomic mass is 9.95. The first kappa shape index (κ1) is 19.1. The number of aliphatic carboxylic acids is 1. The van der Waals surface area contributed by atoms with Crippen LogP contribution in [0.2, 0.25) is 0 Å². The minimum atomic E-state index is -1.29. The van der Waals surface area contributed by atoms with Gasteiger partial charge in [-0.2, -0.15) is 0 Å². The summed E-state index contributed by atoms with van der Waals surface area (Å²) in [6.07, 6.45) is -1.05. The Morgan fingerprint density at radius 1 is 0.871 bits per heavy atom. The lowest BCUT2D eigenvalue weighted by molar-refractivity contribution is -0.138. The number of para-hydroxylation sites is 1. The zero-order chi connectivity index (χ0) is 21.5. The maximum atomic E-state index is 13.1. The van der Waals surface area contributed by atoms with Gasteiger partial charge in [0.1, 0.15) is 12.6 Å². The Kier molecular flexibility index (Phi) is 4.55. The van der Waals surface area contributed by atoms with E-state index in [1.165, 1.54) is 0 Å². The van der Waals surface area contributed by atoms with E-state index in [4.69, 9.17) is 4.74 Å². The first-order valence-electron chi connectivity index (χ1n) is 10.1. The third-order valence-corrected chi connectivity index (χ3v) is 5.97. The molecule has 1 heterocycles. The number of benzene rings is 3. The fraction of sp³-hybridized carbons (Fsp3) is 0.160. The molecule has 0 fully saturated rings. The molecule has 1 aliphatic carbocycles. The normalized spacial score (nSPS) is 17.0. The van der Waals surface area contributed by atoms with Gasteiger partial charge >= 0.3 is 12.1 Å². The maximum absolute atomic E-state index is 13.1. The van der Waals surface area contributed by atoms with Crippen molar-refractivity contribution in [1.29, 1.82) is 0 Å². The summed E-state index contributed by atoms with van der Waals surface area (Å²) in [6, 6.07) is 21.2. The van der Waals surface area contributed by atoms with Crippen LogP contribution in [0.3, 0.4) is 0 Å². The summed E-state index contributed by atoms with van der Waals surface area (Å²) in [6.45, 7) is 0.0752. The molecule has 5 rings (SSSR count). The minimum absolute atomic E-state index is 0.0752. The van der Waals surface area contributed by atoms with Crippen LogP contribution in [0.25, 0.3) is 11.1 Å². The van der Waals surface area contributed by atoms with Crippen molar-refractivity contribution in [2.75, 3.05) is 11.5 Å². The van der Waals surface area contributed by atoms with Gasteiger partial charge in [-0.15, -0.1) is 0 Å². The Hall–Kier alpha value is -3.93. The van der Waals surface area contributed by atoms with Gasteiger partial charge in [0.05, 0.1) is 5.69 Å². The van der Waals surface area contributed by atoms with E-state index >= 15 is 0 Å². The predicted octanol–water partition coefficient (Wildman–Crippen LogP) is 4.48. The van der Waals surface area contributed by atoms with Gasteiger partial charge in [-0.1, -0.05) is 60.7 Å². The summed E-state index contributed by atoms with van der Waals surface area (Å²) in [5.41, 5.74) is 4.95. The number of carbonyl (C=O) groups excluding carboxylic acids is 2. The number of carbonyl (C=O) groups is 3. The molecule has 0 aromatic heterocycles. The molecule has 6 nitrogen and oxygen atoms in total. The van der Waals surface area contributed by atoms with Crippen LogP contribution in [0.15, 0.2) is 72.8 Å². The number of anilines is 1. The van der Waals surface area contributed by atoms with Crippen molar-refractivity contribution in [3.8, 4) is 11.1 Å². The minimum Gasteiger partial charge on any atom is -0.480 e. The number of carboxylic acid groups (broad SMARTS) is 1. The Morgan fingerprint density at radius 2 is 1.42 bits per heavy atom. The van der Waals surface area contributed by atoms with Crippen LogP contribution in [0.1, 0.15) is 33.8 Å². The van der Waals surface area contributed by atoms with E-state index < -0.39 is 18.1 Å². The van der Waals surface area contributed by atoms with Crippen LogP contribution >= 0.6 is 0 Å². The first-order chi connectivity index (χ1) is 15.1. The molecular formula is C25H19NO5. The standard InChI is InChI=1S/C25H19NO5/c27-23-13-22(24(28)29)26(21-12-6-5-11-19(21)23)25(30)31-14-20-17-9-3-1-7-15(17)16-8-2-4-10-18(16)20/h1-12,20,22H,13-14H2,(H,28,29)/t22-/m0/s1. The lowest BCUT2D eigenvalue weighted by Crippen LogP contribution is -2.50. The second kappa shape index (κ2) is 7.40. The third kappa shape index (κ3) is 3.08. The highest BCUT2D eigenvalue weighted by atomic mass is 16.6. The first-order valence-corrected chi connectivity index (χ1v) is 10.1. The monoisotopic (exact) mass is 413 g/mol. The van der Waals surface area contributed by atoms with E-state index in [0.29, 0.717) is 5.56 Å². The van der Waals surface area contributed by atoms with Crippen molar-refractivity contribution in [1.82, 2.24) is 0 Å². The number of ketones is 1. The molecule has 1 amide bonds. The second-order valence-electron chi connectivity index (χ2n) is 7.67. The van der Waals surface area contributed by atoms with Crippen molar-refractivity contribution in [2.45, 2.75) is 18.4 Å². The van der Waals surface area contributed by atoms with Crippen molar-refractivity contribution in [3.05, 3.63) is 89.5 Å². The van der Waals surface area contributed by atoms with E-state index in [-0.39, 0.29) is 30.4 Å². The molecule has 0 spiro atoms. The number of rotatable bonds is 3. The Labute approximate surface area is 178 Å². The molecular weight excluding hydrogens is 394 g/mol. The molecule has 3 aromatic carbocycles. The van der Waals surface area contributed by atoms with Crippen molar-refractivity contribution < 1.29 is 24.2 Å². The van der Waals surface area contributed by atoms with E-state index in [9.17, 15) is 19.5 Å². The Balaban J connectivity index is 1.45. The second-order valence-corrected chi connectivity index (χ2v) is 7.67. The lowest BCUT2D eigenvalue weighted by Gasteiger charge is -2.33. The van der Waals surface area contributed by atoms with Gasteiger partial charge in [0, 0.05) is 17.9 Å². The van der Waals surface area contributed by atoms with Crippen LogP contribution in [-0.2, 0) is 9.53 Å². The summed E-state index contributed by atoms with van der Waals surface area (Å²) >= 11 is 0. The number of amides is 1. The van der Waals surface area contributed by atoms with Crippen LogP contribution in [0.5, 0.6) is 0 Å². The van der Waals surface area contributed by atoms with Gasteiger partial charge in [0.2, 0.25) is 0 Å². The number of carboxylic acids is 1. The molecule has 0 unspecified atom stereocenters.